The predicted octanol–water partition coefficient (Wildman–Crippen LogP) is 0.118. The van der Waals surface area contributed by atoms with Crippen molar-refractivity contribution in [2.24, 2.45) is 0 Å². The molecule has 0 atom stereocenters. The summed E-state index contributed by atoms with van der Waals surface area (Å²) in [6.45, 7) is 0. The average molecular weight is 285 g/mol. The van der Waals surface area contributed by atoms with Gasteiger partial charge in [0.15, 0.2) is 0 Å². The number of benzene rings is 1. The molecule has 9 heteroatoms. The second kappa shape index (κ2) is 4.96. The molecule has 0 saturated carbocycles. The number of carbonyl (C=O) groups excluding carboxylic acids is 1. The van der Waals surface area contributed by atoms with Crippen molar-refractivity contribution < 1.29 is 4.79 Å². The molecule has 0 aliphatic carbocycles. The first-order valence-corrected chi connectivity index (χ1v) is 5.99. The van der Waals surface area contributed by atoms with Crippen LogP contribution in [-0.2, 0) is 0 Å². The molecule has 0 fully saturated rings. The highest BCUT2D eigenvalue weighted by molar-refractivity contribution is 6.01. The molecule has 9 nitrogen and oxygen atoms in total. The lowest BCUT2D eigenvalue weighted by molar-refractivity contribution is 0.101. The molecular weight excluding hydrogens is 274 g/mol. The molecule has 0 aliphatic rings. The number of nitrogens with one attached hydrogen (secondary N) is 3. The Bertz CT molecular complexity index is 828. The summed E-state index contributed by atoms with van der Waals surface area (Å²) in [5.41, 5.74) is 6.34. The van der Waals surface area contributed by atoms with Gasteiger partial charge in [0, 0.05) is 18.1 Å². The number of hydrogen-bond acceptors (Lipinski definition) is 5. The first-order chi connectivity index (χ1) is 10.1. The van der Waals surface area contributed by atoms with Gasteiger partial charge in [0.1, 0.15) is 0 Å². The van der Waals surface area contributed by atoms with Crippen LogP contribution in [0.2, 0.25) is 0 Å². The van der Waals surface area contributed by atoms with Crippen LogP contribution in [0.15, 0.2) is 41.5 Å². The molecule has 2 heterocycles. The molecule has 0 saturated heterocycles. The Hall–Kier alpha value is -3.36. The molecule has 0 spiro atoms. The van der Waals surface area contributed by atoms with Crippen LogP contribution in [0.5, 0.6) is 0 Å². The molecule has 1 amide bonds. The second-order valence-corrected chi connectivity index (χ2v) is 4.18. The number of amides is 1. The predicted molar refractivity (Wildman–Crippen MR) is 75.1 cm³/mol. The van der Waals surface area contributed by atoms with Gasteiger partial charge in [-0.15, -0.1) is 5.10 Å². The van der Waals surface area contributed by atoms with Gasteiger partial charge in [0.05, 0.1) is 5.69 Å². The molecule has 0 unspecified atom stereocenters. The maximum atomic E-state index is 11.8. The molecular formula is C12H11N7O2. The minimum absolute atomic E-state index is 0.00216. The number of nitrogens with two attached hydrogens (primary N) is 1. The third-order valence-corrected chi connectivity index (χ3v) is 2.77. The van der Waals surface area contributed by atoms with Gasteiger partial charge in [0.2, 0.25) is 11.8 Å². The average Bonchev–Trinajstić information content (AvgIpc) is 3.08. The Morgan fingerprint density at radius 3 is 2.62 bits per heavy atom. The molecule has 2 aromatic heterocycles. The van der Waals surface area contributed by atoms with Gasteiger partial charge in [-0.2, -0.15) is 4.98 Å². The maximum Gasteiger partial charge on any atom is 0.330 e. The fourth-order valence-corrected chi connectivity index (χ4v) is 1.80. The van der Waals surface area contributed by atoms with Crippen LogP contribution >= 0.6 is 0 Å². The fraction of sp³-hybridized carbons (Fsp3) is 0. The summed E-state index contributed by atoms with van der Waals surface area (Å²) in [7, 11) is 0. The van der Waals surface area contributed by atoms with E-state index in [-0.39, 0.29) is 17.5 Å². The molecule has 3 rings (SSSR count). The zero-order chi connectivity index (χ0) is 14.8. The van der Waals surface area contributed by atoms with Gasteiger partial charge in [0.25, 0.3) is 5.91 Å². The molecule has 0 radical (unpaired) electrons. The van der Waals surface area contributed by atoms with E-state index in [1.807, 2.05) is 0 Å². The van der Waals surface area contributed by atoms with Crippen LogP contribution in [0, 0.1) is 0 Å². The van der Waals surface area contributed by atoms with E-state index >= 15 is 0 Å². The normalized spacial score (nSPS) is 10.5. The third-order valence-electron chi connectivity index (χ3n) is 2.77. The molecule has 1 aromatic carbocycles. The Kier molecular flexibility index (Phi) is 2.99. The zero-order valence-electron chi connectivity index (χ0n) is 10.7. The van der Waals surface area contributed by atoms with E-state index in [0.29, 0.717) is 11.4 Å². The molecule has 3 aromatic rings. The van der Waals surface area contributed by atoms with Gasteiger partial charge in [-0.25, -0.2) is 4.79 Å². The summed E-state index contributed by atoms with van der Waals surface area (Å²) in [5.74, 6) is -0.425. The van der Waals surface area contributed by atoms with E-state index in [9.17, 15) is 9.59 Å². The largest absolute Gasteiger partial charge is 0.366 e. The summed E-state index contributed by atoms with van der Waals surface area (Å²) in [4.78, 5) is 29.6. The Labute approximate surface area is 117 Å². The molecule has 21 heavy (non-hydrogen) atoms. The lowest BCUT2D eigenvalue weighted by atomic mass is 10.2. The van der Waals surface area contributed by atoms with E-state index in [4.69, 9.17) is 5.73 Å². The number of hydrogen-bond donors (Lipinski definition) is 4. The number of carbonyl (C=O) groups is 1. The standard InChI is InChI=1S/C12H11N7O2/c13-11-16-9(17-18-11)10(20)15-7-1-3-8(4-2-7)19-6-5-14-12(19)21/h1-6H,(H,14,21)(H,15,20)(H3,13,16,17,18). The van der Waals surface area contributed by atoms with Crippen molar-refractivity contribution in [3.05, 3.63) is 53.0 Å². The summed E-state index contributed by atoms with van der Waals surface area (Å²) in [6.07, 6.45) is 3.17. The van der Waals surface area contributed by atoms with Crippen LogP contribution in [-0.4, -0.2) is 30.6 Å². The van der Waals surface area contributed by atoms with Crippen molar-refractivity contribution in [2.75, 3.05) is 11.1 Å². The third kappa shape index (κ3) is 2.52. The Balaban J connectivity index is 1.77. The fourth-order valence-electron chi connectivity index (χ4n) is 1.80. The molecule has 106 valence electrons. The molecule has 5 N–H and O–H groups in total. The second-order valence-electron chi connectivity index (χ2n) is 4.18. The smallest absolute Gasteiger partial charge is 0.330 e. The lowest BCUT2D eigenvalue weighted by Gasteiger charge is -2.05. The van der Waals surface area contributed by atoms with Crippen molar-refractivity contribution >= 4 is 17.5 Å². The minimum atomic E-state index is -0.453. The first-order valence-electron chi connectivity index (χ1n) is 5.99. The number of aromatic amines is 2. The van der Waals surface area contributed by atoms with Crippen LogP contribution in [0.4, 0.5) is 11.6 Å². The van der Waals surface area contributed by atoms with Gasteiger partial charge >= 0.3 is 5.69 Å². The summed E-state index contributed by atoms with van der Waals surface area (Å²) in [5, 5.41) is 8.63. The van der Waals surface area contributed by atoms with Crippen LogP contribution < -0.4 is 16.7 Å². The number of rotatable bonds is 3. The molecule has 0 bridgehead atoms. The van der Waals surface area contributed by atoms with Crippen molar-refractivity contribution in [3.8, 4) is 5.69 Å². The summed E-state index contributed by atoms with van der Waals surface area (Å²) >= 11 is 0. The summed E-state index contributed by atoms with van der Waals surface area (Å²) < 4.78 is 1.45. The maximum absolute atomic E-state index is 11.8. The van der Waals surface area contributed by atoms with Crippen LogP contribution in [0.25, 0.3) is 5.69 Å². The number of aromatic nitrogens is 5. The topological polar surface area (TPSA) is 134 Å². The monoisotopic (exact) mass is 285 g/mol. The minimum Gasteiger partial charge on any atom is -0.366 e. The van der Waals surface area contributed by atoms with Gasteiger partial charge in [-0.05, 0) is 24.3 Å². The van der Waals surface area contributed by atoms with E-state index in [1.54, 1.807) is 36.7 Å². The zero-order valence-corrected chi connectivity index (χ0v) is 10.7. The van der Waals surface area contributed by atoms with Crippen LogP contribution in [0.1, 0.15) is 10.6 Å². The van der Waals surface area contributed by atoms with Gasteiger partial charge < -0.3 is 16.0 Å². The first kappa shape index (κ1) is 12.7. The van der Waals surface area contributed by atoms with E-state index < -0.39 is 5.91 Å². The SMILES string of the molecule is Nc1n[nH]c(C(=O)Nc2ccc(-n3cc[nH]c3=O)cc2)n1. The number of imidazole rings is 1. The van der Waals surface area contributed by atoms with Gasteiger partial charge in [-0.1, -0.05) is 0 Å². The summed E-state index contributed by atoms with van der Waals surface area (Å²) in [6, 6.07) is 6.76. The highest BCUT2D eigenvalue weighted by Gasteiger charge is 2.10. The Morgan fingerprint density at radius 2 is 2.05 bits per heavy atom. The van der Waals surface area contributed by atoms with Crippen molar-refractivity contribution in [2.45, 2.75) is 0 Å². The highest BCUT2D eigenvalue weighted by atomic mass is 16.2. The van der Waals surface area contributed by atoms with E-state index in [2.05, 4.69) is 25.5 Å². The quantitative estimate of drug-likeness (QED) is 0.542. The van der Waals surface area contributed by atoms with Gasteiger partial charge in [-0.3, -0.25) is 14.5 Å². The van der Waals surface area contributed by atoms with Crippen molar-refractivity contribution in [3.63, 3.8) is 0 Å². The number of nitrogens with zero attached hydrogens (tertiary/aromatic N) is 3. The molecule has 0 aliphatic heterocycles. The van der Waals surface area contributed by atoms with Crippen LogP contribution in [0.3, 0.4) is 0 Å². The van der Waals surface area contributed by atoms with Crippen molar-refractivity contribution in [1.29, 1.82) is 0 Å². The lowest BCUT2D eigenvalue weighted by Crippen LogP contribution is -2.15. The van der Waals surface area contributed by atoms with E-state index in [0.717, 1.165) is 0 Å². The number of H-pyrrole nitrogens is 2. The number of anilines is 2. The Morgan fingerprint density at radius 1 is 1.29 bits per heavy atom. The number of nitrogen functional groups attached to an aromatic ring is 1. The highest BCUT2D eigenvalue weighted by Crippen LogP contribution is 2.12. The van der Waals surface area contributed by atoms with E-state index in [1.165, 1.54) is 4.57 Å². The van der Waals surface area contributed by atoms with Crippen molar-refractivity contribution in [1.82, 2.24) is 24.7 Å².